The summed E-state index contributed by atoms with van der Waals surface area (Å²) < 4.78 is 0. The van der Waals surface area contributed by atoms with E-state index in [1.807, 2.05) is 96.0 Å². The average Bonchev–Trinajstić information content (AvgIpc) is 0.938. The number of nitrogens with zero attached hydrogens (tertiary/aromatic N) is 11. The largest absolute Gasteiger partial charge is 0.477 e. The van der Waals surface area contributed by atoms with Crippen molar-refractivity contribution in [1.82, 2.24) is 86.4 Å². The Morgan fingerprint density at radius 1 is 0.366 bits per heavy atom. The van der Waals surface area contributed by atoms with Gasteiger partial charge in [0.2, 0.25) is 0 Å². The minimum absolute atomic E-state index is 0. The van der Waals surface area contributed by atoms with E-state index in [-0.39, 0.29) is 72.9 Å². The SMILES string of the molecule is C.CC(=O)c1cccc(CNCNCc2cccc(C(C)=O)n2)n1.CC(C)Cc1cccc(C(=O)O)n1.CC(CN)(CN)CN.CCN.CCN.CCN.CCN(C)C.CCNC.CCNC.CN(Cc1cccc(C(=O)O)n1)CN(C)Cc1cccc(C(=O)O)n1.NCCN(CCN)CCN.NCN.NCN.NCN.O=C(O)c1cccc(CNCNCc2cccc(C(=O)O)n2)n1. The molecular formula is C90H174N32O12. The lowest BCUT2D eigenvalue weighted by molar-refractivity contribution is 0.0679. The standard InChI is InChI=1S/C17H20N4O4.C17H20N4O2.C15H16N4O4.C10H13NO2.C6H18N4.C5H15N3.C4H11N.2C3H9N.3C2H7N.3CH6N2.CH4/c1-20(9-12-5-3-7-14(18-12)16(22)23)11-21(2)10-13-6-4-8-15(19-13)17(24)25;1-12(22)16-7-3-5-14(20-16)9-18-11-19-10-15-6-4-8-17(21-15)13(2)23;20-14(21)12-5-1-3-10(18-12)7-16-9-17-8-11-4-2-6-13(19-11)15(22)23;1-7(2)6-8-4-3-5-9(11-8)10(12)13;7-1-4-10(5-2-8)6-3-9;1-5(2-6,3-7)4-8;1-4-5(2)3;2*1-3-4-2;3*1-2-3;3*2-1-3;/h3-8H,9-11H2,1-2H3,(H,22,23)(H,24,25);3-8,18-19H,9-11H2,1-2H3;1-6,16-17H,7-9H2,(H,20,21)(H,22,23);3-5,7H,6H2,1-2H3,(H,12,13);1-9H2;2-4,6-8H2,1H3;4H2,1-3H3;2*4H,3H2,1-2H3;3*2-3H2,1H3;3*1-3H2;1H4. The molecule has 0 saturated heterocycles. The minimum Gasteiger partial charge on any atom is -0.477 e. The van der Waals surface area contributed by atoms with Crippen LogP contribution in [0.3, 0.4) is 0 Å². The van der Waals surface area contributed by atoms with Crippen LogP contribution < -0.4 is 118 Å². The van der Waals surface area contributed by atoms with Gasteiger partial charge in [0.15, 0.2) is 11.6 Å². The summed E-state index contributed by atoms with van der Waals surface area (Å²) in [6, 6.07) is 35.3. The molecule has 0 unspecified atom stereocenters. The Morgan fingerprint density at radius 3 is 0.739 bits per heavy atom. The van der Waals surface area contributed by atoms with Crippen molar-refractivity contribution in [3.63, 3.8) is 0 Å². The predicted molar refractivity (Wildman–Crippen MR) is 541 cm³/mol. The molecule has 44 heteroatoms. The second kappa shape index (κ2) is 98.7. The van der Waals surface area contributed by atoms with Crippen LogP contribution >= 0.6 is 0 Å². The van der Waals surface area contributed by atoms with Crippen molar-refractivity contribution in [2.24, 2.45) is 97.3 Å². The van der Waals surface area contributed by atoms with Crippen LogP contribution in [0, 0.1) is 11.3 Å². The van der Waals surface area contributed by atoms with Crippen LogP contribution in [0.1, 0.15) is 197 Å². The van der Waals surface area contributed by atoms with Gasteiger partial charge in [-0.3, -0.25) is 45.6 Å². The van der Waals surface area contributed by atoms with Gasteiger partial charge in [0.05, 0.1) is 40.8 Å². The maximum absolute atomic E-state index is 11.3. The molecule has 766 valence electrons. The van der Waals surface area contributed by atoms with Crippen molar-refractivity contribution in [3.05, 3.63) is 207 Å². The number of carbonyl (C=O) groups excluding carboxylic acids is 2. The Bertz CT molecular complexity index is 3630. The molecule has 0 amide bonds. The molecule has 0 aliphatic carbocycles. The van der Waals surface area contributed by atoms with E-state index in [2.05, 4.69) is 160 Å². The molecule has 0 aliphatic rings. The Morgan fingerprint density at radius 2 is 0.560 bits per heavy atom. The molecular weight excluding hydrogens is 1720 g/mol. The zero-order chi connectivity index (χ0) is 103. The second-order valence-corrected chi connectivity index (χ2v) is 28.4. The van der Waals surface area contributed by atoms with E-state index in [4.69, 9.17) is 77.1 Å². The number of carboxylic acids is 5. The second-order valence-electron chi connectivity index (χ2n) is 28.4. The first-order valence-corrected chi connectivity index (χ1v) is 43.5. The number of carbonyl (C=O) groups is 7. The van der Waals surface area contributed by atoms with Gasteiger partial charge >= 0.3 is 29.8 Å². The molecule has 0 aliphatic heterocycles. The molecule has 7 aromatic rings. The molecule has 0 radical (unpaired) electrons. The number of nitrogens with one attached hydrogen (secondary N) is 6. The van der Waals surface area contributed by atoms with Gasteiger partial charge in [0.25, 0.3) is 0 Å². The number of ketones is 2. The maximum atomic E-state index is 11.3. The molecule has 0 saturated carbocycles. The topological polar surface area (TPSA) is 786 Å². The fourth-order valence-corrected chi connectivity index (χ4v) is 8.58. The highest BCUT2D eigenvalue weighted by Crippen LogP contribution is 2.11. The zero-order valence-electron chi connectivity index (χ0n) is 82.2. The van der Waals surface area contributed by atoms with Gasteiger partial charge in [0, 0.05) is 156 Å². The van der Waals surface area contributed by atoms with Gasteiger partial charge < -0.3 is 127 Å². The van der Waals surface area contributed by atoms with Crippen molar-refractivity contribution < 1.29 is 59.1 Å². The van der Waals surface area contributed by atoms with Gasteiger partial charge in [-0.25, -0.2) is 58.9 Å². The smallest absolute Gasteiger partial charge is 0.354 e. The van der Waals surface area contributed by atoms with Crippen molar-refractivity contribution in [2.45, 2.75) is 129 Å². The molecule has 41 N–H and O–H groups in total. The van der Waals surface area contributed by atoms with Crippen LogP contribution in [0.4, 0.5) is 0 Å². The summed E-state index contributed by atoms with van der Waals surface area (Å²) in [7, 11) is 11.8. The number of carboxylic acid groups (broad SMARTS) is 5. The fourth-order valence-electron chi connectivity index (χ4n) is 8.58. The Labute approximate surface area is 797 Å². The summed E-state index contributed by atoms with van der Waals surface area (Å²) in [5.41, 5.74) is 80.6. The normalized spacial score (nSPS) is 9.80. The lowest BCUT2D eigenvalue weighted by atomic mass is 9.92. The highest BCUT2D eigenvalue weighted by Gasteiger charge is 2.18. The van der Waals surface area contributed by atoms with Gasteiger partial charge in [-0.2, -0.15) is 0 Å². The third-order valence-corrected chi connectivity index (χ3v) is 15.3. The van der Waals surface area contributed by atoms with E-state index < -0.39 is 29.8 Å². The van der Waals surface area contributed by atoms with E-state index >= 15 is 0 Å². The molecule has 0 aromatic carbocycles. The number of rotatable bonds is 39. The van der Waals surface area contributed by atoms with Crippen LogP contribution in [0.25, 0.3) is 0 Å². The van der Waals surface area contributed by atoms with Crippen LogP contribution in [0.5, 0.6) is 0 Å². The van der Waals surface area contributed by atoms with E-state index in [9.17, 15) is 33.6 Å². The summed E-state index contributed by atoms with van der Waals surface area (Å²) in [4.78, 5) is 114. The van der Waals surface area contributed by atoms with Crippen LogP contribution in [-0.4, -0.2) is 302 Å². The fraction of sp³-hybridized carbons (Fsp3) is 0.533. The number of aromatic carboxylic acids is 5. The van der Waals surface area contributed by atoms with Crippen molar-refractivity contribution in [2.75, 3.05) is 180 Å². The van der Waals surface area contributed by atoms with Crippen LogP contribution in [0.2, 0.25) is 0 Å². The maximum Gasteiger partial charge on any atom is 0.354 e. The summed E-state index contributed by atoms with van der Waals surface area (Å²) in [5, 5.41) is 62.8. The molecule has 134 heavy (non-hydrogen) atoms. The van der Waals surface area contributed by atoms with Gasteiger partial charge in [-0.1, -0.05) is 112 Å². The summed E-state index contributed by atoms with van der Waals surface area (Å²) in [5.74, 6) is -4.77. The Balaban J connectivity index is -0.000000192. The van der Waals surface area contributed by atoms with Crippen LogP contribution in [-0.2, 0) is 45.7 Å². The van der Waals surface area contributed by atoms with E-state index in [0.29, 0.717) is 139 Å². The summed E-state index contributed by atoms with van der Waals surface area (Å²) >= 11 is 0. The monoisotopic (exact) mass is 1900 g/mol. The molecule has 7 heterocycles. The number of nitrogens with two attached hydrogens (primary N) is 15. The zero-order valence-corrected chi connectivity index (χ0v) is 82.2. The first-order chi connectivity index (χ1) is 63.2. The third kappa shape index (κ3) is 88.3. The Kier molecular flexibility index (Phi) is 104. The van der Waals surface area contributed by atoms with Crippen molar-refractivity contribution >= 4 is 41.4 Å². The number of pyridine rings is 7. The lowest BCUT2D eigenvalue weighted by Crippen LogP contribution is -2.41. The van der Waals surface area contributed by atoms with Gasteiger partial charge in [0.1, 0.15) is 39.9 Å². The molecule has 0 bridgehead atoms. The number of hydrogen-bond acceptors (Lipinski definition) is 39. The van der Waals surface area contributed by atoms with Gasteiger partial charge in [-0.15, -0.1) is 0 Å². The molecule has 7 aromatic heterocycles. The molecule has 0 atom stereocenters. The Hall–Kier alpha value is -10.3. The van der Waals surface area contributed by atoms with Crippen molar-refractivity contribution in [1.29, 1.82) is 0 Å². The first-order valence-electron chi connectivity index (χ1n) is 43.5. The van der Waals surface area contributed by atoms with E-state index in [1.54, 1.807) is 66.7 Å². The highest BCUT2D eigenvalue weighted by molar-refractivity contribution is 5.92. The number of Topliss-reactive ketones (excluding diaryl/α,β-unsaturated/α-hetero) is 2. The van der Waals surface area contributed by atoms with Gasteiger partial charge in [-0.05, 0) is 179 Å². The van der Waals surface area contributed by atoms with E-state index in [1.165, 1.54) is 44.2 Å². The minimum atomic E-state index is -1.06. The molecule has 0 spiro atoms. The average molecular weight is 1900 g/mol. The van der Waals surface area contributed by atoms with Crippen LogP contribution in [0.15, 0.2) is 127 Å². The third-order valence-electron chi connectivity index (χ3n) is 15.3. The lowest BCUT2D eigenvalue weighted by Gasteiger charge is -2.24. The summed E-state index contributed by atoms with van der Waals surface area (Å²) in [6.45, 7) is 38.4. The van der Waals surface area contributed by atoms with Crippen molar-refractivity contribution in [3.8, 4) is 0 Å². The highest BCUT2D eigenvalue weighted by atomic mass is 16.4. The predicted octanol–water partition coefficient (Wildman–Crippen LogP) is 0.969. The molecule has 7 rings (SSSR count). The van der Waals surface area contributed by atoms with E-state index in [0.717, 1.165) is 82.4 Å². The first kappa shape index (κ1) is 142. The quantitative estimate of drug-likeness (QED) is 0.0145. The summed E-state index contributed by atoms with van der Waals surface area (Å²) in [6.07, 6.45) is 0.821. The molecule has 44 nitrogen and oxygen atoms in total. The molecule has 0 fully saturated rings. The number of aromatic nitrogens is 7. The number of hydrogen-bond donors (Lipinski definition) is 26.